The molecule has 0 spiro atoms. The van der Waals surface area contributed by atoms with Crippen LogP contribution in [0.25, 0.3) is 5.69 Å². The first kappa shape index (κ1) is 18.1. The highest BCUT2D eigenvalue weighted by molar-refractivity contribution is 6.29. The molecule has 3 aromatic rings. The van der Waals surface area contributed by atoms with Gasteiger partial charge in [0, 0.05) is 35.7 Å². The summed E-state index contributed by atoms with van der Waals surface area (Å²) in [5.41, 5.74) is 1.93. The fraction of sp³-hybridized carbons (Fsp3) is 0.158. The Labute approximate surface area is 153 Å². The second kappa shape index (κ2) is 7.25. The van der Waals surface area contributed by atoms with E-state index in [9.17, 15) is 13.6 Å². The Hall–Kier alpha value is -2.73. The molecular weight excluding hydrogens is 362 g/mol. The van der Waals surface area contributed by atoms with Gasteiger partial charge >= 0.3 is 0 Å². The molecule has 0 atom stereocenters. The van der Waals surface area contributed by atoms with E-state index in [0.29, 0.717) is 17.1 Å². The highest BCUT2D eigenvalue weighted by Gasteiger charge is 2.11. The van der Waals surface area contributed by atoms with Gasteiger partial charge in [-0.3, -0.25) is 9.36 Å². The van der Waals surface area contributed by atoms with Gasteiger partial charge < -0.3 is 4.74 Å². The summed E-state index contributed by atoms with van der Waals surface area (Å²) in [5, 5.41) is 0.281. The quantitative estimate of drug-likeness (QED) is 0.635. The highest BCUT2D eigenvalue weighted by Crippen LogP contribution is 2.20. The maximum Gasteiger partial charge on any atom is 0.259 e. The summed E-state index contributed by atoms with van der Waals surface area (Å²) in [6.07, 6.45) is 1.59. The van der Waals surface area contributed by atoms with Crippen LogP contribution in [0.15, 0.2) is 47.4 Å². The van der Waals surface area contributed by atoms with Crippen LogP contribution in [-0.2, 0) is 6.61 Å². The molecule has 0 N–H and O–H groups in total. The molecule has 2 heterocycles. The molecule has 0 amide bonds. The molecule has 0 aliphatic rings. The summed E-state index contributed by atoms with van der Waals surface area (Å²) in [6.45, 7) is 3.46. The van der Waals surface area contributed by atoms with E-state index >= 15 is 0 Å². The van der Waals surface area contributed by atoms with Gasteiger partial charge in [-0.25, -0.2) is 13.8 Å². The van der Waals surface area contributed by atoms with E-state index in [-0.39, 0.29) is 22.9 Å². The summed E-state index contributed by atoms with van der Waals surface area (Å²) < 4.78 is 33.6. The van der Waals surface area contributed by atoms with Crippen molar-refractivity contribution in [2.75, 3.05) is 0 Å². The van der Waals surface area contributed by atoms with E-state index in [1.807, 2.05) is 6.92 Å². The molecule has 4 nitrogen and oxygen atoms in total. The van der Waals surface area contributed by atoms with Gasteiger partial charge in [-0.05, 0) is 37.6 Å². The van der Waals surface area contributed by atoms with Crippen molar-refractivity contribution in [3.05, 3.63) is 86.6 Å². The van der Waals surface area contributed by atoms with Gasteiger partial charge in [-0.1, -0.05) is 11.6 Å². The van der Waals surface area contributed by atoms with Crippen molar-refractivity contribution < 1.29 is 13.5 Å². The normalized spacial score (nSPS) is 10.8. The molecule has 0 saturated carbocycles. The van der Waals surface area contributed by atoms with Crippen molar-refractivity contribution in [2.45, 2.75) is 20.5 Å². The minimum Gasteiger partial charge on any atom is -0.489 e. The first-order chi connectivity index (χ1) is 12.3. The van der Waals surface area contributed by atoms with Crippen LogP contribution in [0, 0.1) is 25.5 Å². The zero-order chi connectivity index (χ0) is 18.8. The Morgan fingerprint density at radius 2 is 1.92 bits per heavy atom. The molecule has 0 saturated heterocycles. The summed E-state index contributed by atoms with van der Waals surface area (Å²) in [5.74, 6) is -1.06. The fourth-order valence-corrected chi connectivity index (χ4v) is 2.75. The SMILES string of the molecule is Cc1cnc(Cl)cc1-n1c(C)cc(OCc2ccc(F)cc2F)cc1=O. The van der Waals surface area contributed by atoms with E-state index < -0.39 is 11.6 Å². The Bertz CT molecular complexity index is 1030. The average molecular weight is 377 g/mol. The standard InChI is InChI=1S/C19H15ClF2N2O2/c1-11-9-23-18(20)8-17(11)24-12(2)5-15(7-19(24)25)26-10-13-3-4-14(21)6-16(13)22/h3-9H,10H2,1-2H3. The van der Waals surface area contributed by atoms with E-state index in [0.717, 1.165) is 17.7 Å². The number of nitrogens with zero attached hydrogens (tertiary/aromatic N) is 2. The predicted octanol–water partition coefficient (Wildman–Crippen LogP) is 4.36. The van der Waals surface area contributed by atoms with Crippen molar-refractivity contribution in [2.24, 2.45) is 0 Å². The average Bonchev–Trinajstić information content (AvgIpc) is 2.56. The van der Waals surface area contributed by atoms with Crippen molar-refractivity contribution in [3.8, 4) is 11.4 Å². The van der Waals surface area contributed by atoms with Gasteiger partial charge in [0.1, 0.15) is 29.1 Å². The zero-order valence-electron chi connectivity index (χ0n) is 14.1. The van der Waals surface area contributed by atoms with Gasteiger partial charge in [0.25, 0.3) is 5.56 Å². The fourth-order valence-electron chi connectivity index (χ4n) is 2.59. The summed E-state index contributed by atoms with van der Waals surface area (Å²) in [6, 6.07) is 7.83. The van der Waals surface area contributed by atoms with Crippen molar-refractivity contribution in [3.63, 3.8) is 0 Å². The van der Waals surface area contributed by atoms with Gasteiger partial charge in [0.2, 0.25) is 0 Å². The Kier molecular flexibility index (Phi) is 5.04. The molecule has 0 bridgehead atoms. The highest BCUT2D eigenvalue weighted by atomic mass is 35.5. The lowest BCUT2D eigenvalue weighted by Gasteiger charge is -2.14. The van der Waals surface area contributed by atoms with Crippen LogP contribution in [0.3, 0.4) is 0 Å². The smallest absolute Gasteiger partial charge is 0.259 e. The number of pyridine rings is 2. The second-order valence-corrected chi connectivity index (χ2v) is 6.21. The topological polar surface area (TPSA) is 44.1 Å². The van der Waals surface area contributed by atoms with Gasteiger partial charge in [-0.2, -0.15) is 0 Å². The molecule has 7 heteroatoms. The lowest BCUT2D eigenvalue weighted by atomic mass is 10.2. The van der Waals surface area contributed by atoms with Gasteiger partial charge in [-0.15, -0.1) is 0 Å². The Morgan fingerprint density at radius 1 is 1.15 bits per heavy atom. The third-order valence-electron chi connectivity index (χ3n) is 3.88. The van der Waals surface area contributed by atoms with Gasteiger partial charge in [0.05, 0.1) is 5.69 Å². The molecule has 0 radical (unpaired) electrons. The molecule has 0 aliphatic carbocycles. The maximum absolute atomic E-state index is 13.7. The zero-order valence-corrected chi connectivity index (χ0v) is 14.8. The van der Waals surface area contributed by atoms with E-state index in [2.05, 4.69) is 4.98 Å². The van der Waals surface area contributed by atoms with E-state index in [4.69, 9.17) is 16.3 Å². The number of benzene rings is 1. The second-order valence-electron chi connectivity index (χ2n) is 5.82. The minimum absolute atomic E-state index is 0.116. The number of ether oxygens (including phenoxy) is 1. The molecule has 3 rings (SSSR count). The molecule has 0 unspecified atom stereocenters. The molecular formula is C19H15ClF2N2O2. The Morgan fingerprint density at radius 3 is 2.62 bits per heavy atom. The third kappa shape index (κ3) is 3.75. The first-order valence-corrected chi connectivity index (χ1v) is 8.16. The van der Waals surface area contributed by atoms with Crippen LogP contribution in [0.4, 0.5) is 8.78 Å². The number of aromatic nitrogens is 2. The number of hydrogen-bond acceptors (Lipinski definition) is 3. The van der Waals surface area contributed by atoms with Crippen LogP contribution < -0.4 is 10.3 Å². The van der Waals surface area contributed by atoms with Crippen molar-refractivity contribution in [1.82, 2.24) is 9.55 Å². The van der Waals surface area contributed by atoms with Crippen LogP contribution >= 0.6 is 11.6 Å². The predicted molar refractivity (Wildman–Crippen MR) is 95.0 cm³/mol. The number of hydrogen-bond donors (Lipinski definition) is 0. The largest absolute Gasteiger partial charge is 0.489 e. The summed E-state index contributed by atoms with van der Waals surface area (Å²) in [7, 11) is 0. The van der Waals surface area contributed by atoms with Crippen molar-refractivity contribution >= 4 is 11.6 Å². The molecule has 0 aliphatic heterocycles. The van der Waals surface area contributed by atoms with Crippen LogP contribution in [0.2, 0.25) is 5.15 Å². The van der Waals surface area contributed by atoms with Gasteiger partial charge in [0.15, 0.2) is 0 Å². The summed E-state index contributed by atoms with van der Waals surface area (Å²) >= 11 is 5.93. The monoisotopic (exact) mass is 376 g/mol. The Balaban J connectivity index is 1.90. The van der Waals surface area contributed by atoms with Crippen molar-refractivity contribution in [1.29, 1.82) is 0 Å². The van der Waals surface area contributed by atoms with E-state index in [1.54, 1.807) is 25.3 Å². The molecule has 134 valence electrons. The molecule has 26 heavy (non-hydrogen) atoms. The third-order valence-corrected chi connectivity index (χ3v) is 4.09. The minimum atomic E-state index is -0.697. The van der Waals surface area contributed by atoms with Crippen LogP contribution in [0.5, 0.6) is 5.75 Å². The van der Waals surface area contributed by atoms with E-state index in [1.165, 1.54) is 16.7 Å². The molecule has 1 aromatic carbocycles. The summed E-state index contributed by atoms with van der Waals surface area (Å²) in [4.78, 5) is 16.5. The lowest BCUT2D eigenvalue weighted by Crippen LogP contribution is -2.21. The number of halogens is 3. The molecule has 0 fully saturated rings. The number of aryl methyl sites for hydroxylation is 2. The van der Waals surface area contributed by atoms with Crippen LogP contribution in [0.1, 0.15) is 16.8 Å². The van der Waals surface area contributed by atoms with Crippen LogP contribution in [-0.4, -0.2) is 9.55 Å². The maximum atomic E-state index is 13.7. The molecule has 2 aromatic heterocycles. The number of rotatable bonds is 4. The lowest BCUT2D eigenvalue weighted by molar-refractivity contribution is 0.298. The first-order valence-electron chi connectivity index (χ1n) is 7.78.